The SMILES string of the molecule is CC1=CC(=O)CC[C@@H]1Cn1ccc2ccccc21. The molecule has 0 saturated carbocycles. The normalized spacial score (nSPS) is 20.2. The van der Waals surface area contributed by atoms with Gasteiger partial charge in [-0.25, -0.2) is 0 Å². The van der Waals surface area contributed by atoms with Crippen molar-refractivity contribution in [2.75, 3.05) is 0 Å². The fraction of sp³-hybridized carbons (Fsp3) is 0.312. The minimum Gasteiger partial charge on any atom is -0.347 e. The van der Waals surface area contributed by atoms with Crippen molar-refractivity contribution in [3.63, 3.8) is 0 Å². The minimum atomic E-state index is 0.279. The number of hydrogen-bond acceptors (Lipinski definition) is 1. The lowest BCUT2D eigenvalue weighted by Crippen LogP contribution is -2.17. The molecule has 0 aliphatic heterocycles. The number of fused-ring (bicyclic) bond motifs is 1. The third kappa shape index (κ3) is 1.99. The lowest BCUT2D eigenvalue weighted by Gasteiger charge is -2.22. The van der Waals surface area contributed by atoms with Gasteiger partial charge in [0.05, 0.1) is 0 Å². The highest BCUT2D eigenvalue weighted by Gasteiger charge is 2.19. The van der Waals surface area contributed by atoms with E-state index in [9.17, 15) is 4.79 Å². The first-order valence-corrected chi connectivity index (χ1v) is 6.49. The van der Waals surface area contributed by atoms with E-state index < -0.39 is 0 Å². The predicted molar refractivity (Wildman–Crippen MR) is 73.4 cm³/mol. The monoisotopic (exact) mass is 239 g/mol. The number of ketones is 1. The predicted octanol–water partition coefficient (Wildman–Crippen LogP) is 3.57. The van der Waals surface area contributed by atoms with Gasteiger partial charge in [-0.15, -0.1) is 0 Å². The lowest BCUT2D eigenvalue weighted by molar-refractivity contribution is -0.115. The van der Waals surface area contributed by atoms with E-state index in [1.165, 1.54) is 16.5 Å². The van der Waals surface area contributed by atoms with Crippen LogP contribution in [0.4, 0.5) is 0 Å². The summed E-state index contributed by atoms with van der Waals surface area (Å²) in [6.07, 6.45) is 5.64. The minimum absolute atomic E-state index is 0.279. The second-order valence-corrected chi connectivity index (χ2v) is 5.12. The van der Waals surface area contributed by atoms with Crippen LogP contribution >= 0.6 is 0 Å². The van der Waals surface area contributed by atoms with Crippen LogP contribution in [-0.4, -0.2) is 10.4 Å². The molecule has 2 aromatic rings. The molecule has 92 valence electrons. The first kappa shape index (κ1) is 11.3. The van der Waals surface area contributed by atoms with E-state index in [1.807, 2.05) is 6.08 Å². The van der Waals surface area contributed by atoms with Crippen LogP contribution in [0.3, 0.4) is 0 Å². The van der Waals surface area contributed by atoms with E-state index in [0.29, 0.717) is 12.3 Å². The van der Waals surface area contributed by atoms with Gasteiger partial charge in [-0.1, -0.05) is 23.8 Å². The number of carbonyl (C=O) groups excluding carboxylic acids is 1. The molecule has 1 aromatic heterocycles. The molecule has 1 aromatic carbocycles. The highest BCUT2D eigenvalue weighted by Crippen LogP contribution is 2.26. The number of para-hydroxylation sites is 1. The third-order valence-corrected chi connectivity index (χ3v) is 3.87. The summed E-state index contributed by atoms with van der Waals surface area (Å²) < 4.78 is 2.30. The lowest BCUT2D eigenvalue weighted by atomic mass is 9.88. The molecule has 0 N–H and O–H groups in total. The fourth-order valence-electron chi connectivity index (χ4n) is 2.76. The summed E-state index contributed by atoms with van der Waals surface area (Å²) in [5.41, 5.74) is 2.51. The van der Waals surface area contributed by atoms with E-state index in [0.717, 1.165) is 13.0 Å². The quantitative estimate of drug-likeness (QED) is 0.785. The molecule has 0 amide bonds. The standard InChI is InChI=1S/C16H17NO/c1-12-10-15(18)7-6-14(12)11-17-9-8-13-4-2-3-5-16(13)17/h2-5,8-10,14H,6-7,11H2,1H3/t14-/m1/s1. The van der Waals surface area contributed by atoms with Crippen LogP contribution in [0.1, 0.15) is 19.8 Å². The summed E-state index contributed by atoms with van der Waals surface area (Å²) in [6, 6.07) is 10.6. The van der Waals surface area contributed by atoms with Gasteiger partial charge in [0.1, 0.15) is 0 Å². The largest absolute Gasteiger partial charge is 0.347 e. The molecule has 0 fully saturated rings. The van der Waals surface area contributed by atoms with Crippen molar-refractivity contribution >= 4 is 16.7 Å². The third-order valence-electron chi connectivity index (χ3n) is 3.87. The molecule has 1 aliphatic carbocycles. The number of benzene rings is 1. The van der Waals surface area contributed by atoms with Crippen molar-refractivity contribution in [3.8, 4) is 0 Å². The van der Waals surface area contributed by atoms with Crippen molar-refractivity contribution in [3.05, 3.63) is 48.2 Å². The Morgan fingerprint density at radius 2 is 2.11 bits per heavy atom. The first-order chi connectivity index (χ1) is 8.74. The molecule has 1 heterocycles. The van der Waals surface area contributed by atoms with Gasteiger partial charge in [0, 0.05) is 24.7 Å². The first-order valence-electron chi connectivity index (χ1n) is 6.49. The van der Waals surface area contributed by atoms with Gasteiger partial charge < -0.3 is 4.57 Å². The molecule has 0 unspecified atom stereocenters. The number of allylic oxidation sites excluding steroid dienone is 2. The van der Waals surface area contributed by atoms with Gasteiger partial charge in [-0.3, -0.25) is 4.79 Å². The molecule has 0 saturated heterocycles. The van der Waals surface area contributed by atoms with E-state index in [-0.39, 0.29) is 5.78 Å². The summed E-state index contributed by atoms with van der Waals surface area (Å²) in [4.78, 5) is 11.4. The van der Waals surface area contributed by atoms with E-state index in [2.05, 4.69) is 48.0 Å². The van der Waals surface area contributed by atoms with Crippen LogP contribution in [0, 0.1) is 5.92 Å². The number of aromatic nitrogens is 1. The Hall–Kier alpha value is -1.83. The van der Waals surface area contributed by atoms with Crippen LogP contribution in [0.25, 0.3) is 10.9 Å². The van der Waals surface area contributed by atoms with Crippen LogP contribution in [0.2, 0.25) is 0 Å². The second kappa shape index (κ2) is 4.45. The molecule has 1 atom stereocenters. The zero-order valence-corrected chi connectivity index (χ0v) is 10.6. The van der Waals surface area contributed by atoms with Crippen LogP contribution in [0.15, 0.2) is 48.2 Å². The summed E-state index contributed by atoms with van der Waals surface area (Å²) in [5.74, 6) is 0.777. The van der Waals surface area contributed by atoms with E-state index >= 15 is 0 Å². The number of carbonyl (C=O) groups is 1. The molecule has 2 nitrogen and oxygen atoms in total. The highest BCUT2D eigenvalue weighted by atomic mass is 16.1. The van der Waals surface area contributed by atoms with Gasteiger partial charge >= 0.3 is 0 Å². The Bertz CT molecular complexity index is 621. The van der Waals surface area contributed by atoms with Crippen molar-refractivity contribution in [1.82, 2.24) is 4.57 Å². The zero-order valence-electron chi connectivity index (χ0n) is 10.6. The molecule has 3 rings (SSSR count). The molecule has 1 aliphatic rings. The molecule has 0 bridgehead atoms. The van der Waals surface area contributed by atoms with Crippen LogP contribution < -0.4 is 0 Å². The molecule has 0 spiro atoms. The maximum absolute atomic E-state index is 11.4. The van der Waals surface area contributed by atoms with Gasteiger partial charge in [0.15, 0.2) is 5.78 Å². The second-order valence-electron chi connectivity index (χ2n) is 5.12. The molecular weight excluding hydrogens is 222 g/mol. The van der Waals surface area contributed by atoms with Crippen molar-refractivity contribution in [2.24, 2.45) is 5.92 Å². The number of nitrogens with zero attached hydrogens (tertiary/aromatic N) is 1. The van der Waals surface area contributed by atoms with E-state index in [1.54, 1.807) is 0 Å². The molecule has 0 radical (unpaired) electrons. The summed E-state index contributed by atoms with van der Waals surface area (Å²) >= 11 is 0. The Balaban J connectivity index is 1.89. The molecule has 2 heteroatoms. The smallest absolute Gasteiger partial charge is 0.155 e. The van der Waals surface area contributed by atoms with Crippen molar-refractivity contribution in [2.45, 2.75) is 26.3 Å². The number of hydrogen-bond donors (Lipinski definition) is 0. The van der Waals surface area contributed by atoms with E-state index in [4.69, 9.17) is 0 Å². The average Bonchev–Trinajstić information content (AvgIpc) is 2.76. The summed E-state index contributed by atoms with van der Waals surface area (Å²) in [6.45, 7) is 3.05. The Morgan fingerprint density at radius 3 is 2.94 bits per heavy atom. The van der Waals surface area contributed by atoms with Gasteiger partial charge in [0.25, 0.3) is 0 Å². The Kier molecular flexibility index (Phi) is 2.78. The van der Waals surface area contributed by atoms with Crippen molar-refractivity contribution in [1.29, 1.82) is 0 Å². The molecule has 18 heavy (non-hydrogen) atoms. The summed E-state index contributed by atoms with van der Waals surface area (Å²) in [7, 11) is 0. The van der Waals surface area contributed by atoms with Crippen LogP contribution in [-0.2, 0) is 11.3 Å². The van der Waals surface area contributed by atoms with Crippen LogP contribution in [0.5, 0.6) is 0 Å². The average molecular weight is 239 g/mol. The molecular formula is C16H17NO. The Morgan fingerprint density at radius 1 is 1.28 bits per heavy atom. The topological polar surface area (TPSA) is 22.0 Å². The zero-order chi connectivity index (χ0) is 12.5. The van der Waals surface area contributed by atoms with Gasteiger partial charge in [0.2, 0.25) is 0 Å². The number of rotatable bonds is 2. The maximum Gasteiger partial charge on any atom is 0.155 e. The summed E-state index contributed by atoms with van der Waals surface area (Å²) in [5, 5.41) is 1.28. The fourth-order valence-corrected chi connectivity index (χ4v) is 2.76. The maximum atomic E-state index is 11.4. The Labute approximate surface area is 107 Å². The van der Waals surface area contributed by atoms with Crippen molar-refractivity contribution < 1.29 is 4.79 Å². The van der Waals surface area contributed by atoms with Gasteiger partial charge in [-0.05, 0) is 42.9 Å². The van der Waals surface area contributed by atoms with Gasteiger partial charge in [-0.2, -0.15) is 0 Å². The highest BCUT2D eigenvalue weighted by molar-refractivity contribution is 5.91.